The molecule has 2 aromatic carbocycles. The molecule has 5 nitrogen and oxygen atoms in total. The molecule has 0 bridgehead atoms. The minimum atomic E-state index is -3.10. The highest BCUT2D eigenvalue weighted by atomic mass is 127. The summed E-state index contributed by atoms with van der Waals surface area (Å²) < 4.78 is 24.5. The first-order valence-corrected chi connectivity index (χ1v) is 10.7. The van der Waals surface area contributed by atoms with Crippen LogP contribution in [0.5, 0.6) is 0 Å². The molecule has 1 N–H and O–H groups in total. The summed E-state index contributed by atoms with van der Waals surface area (Å²) in [5.41, 5.74) is 3.34. The van der Waals surface area contributed by atoms with Crippen LogP contribution < -0.4 is 10.2 Å². The van der Waals surface area contributed by atoms with Gasteiger partial charge >= 0.3 is 0 Å². The number of rotatable bonds is 6. The predicted molar refractivity (Wildman–Crippen MR) is 123 cm³/mol. The van der Waals surface area contributed by atoms with Crippen molar-refractivity contribution < 1.29 is 8.42 Å². The van der Waals surface area contributed by atoms with Crippen molar-refractivity contribution >= 4 is 45.5 Å². The van der Waals surface area contributed by atoms with Crippen molar-refractivity contribution in [3.8, 4) is 0 Å². The van der Waals surface area contributed by atoms with E-state index in [1.54, 1.807) is 7.05 Å². The van der Waals surface area contributed by atoms with E-state index in [1.807, 2.05) is 36.4 Å². The van der Waals surface area contributed by atoms with Crippen molar-refractivity contribution in [3.63, 3.8) is 0 Å². The molecule has 0 aromatic heterocycles. The molecule has 0 radical (unpaired) electrons. The lowest BCUT2D eigenvalue weighted by Crippen LogP contribution is -2.41. The van der Waals surface area contributed by atoms with E-state index in [-0.39, 0.29) is 35.5 Å². The first kappa shape index (κ1) is 21.7. The molecule has 0 amide bonds. The van der Waals surface area contributed by atoms with Crippen molar-refractivity contribution in [2.45, 2.75) is 18.6 Å². The van der Waals surface area contributed by atoms with E-state index in [4.69, 9.17) is 0 Å². The lowest BCUT2D eigenvalue weighted by Gasteiger charge is -2.22. The average Bonchev–Trinajstić information content (AvgIpc) is 3.06. The predicted octanol–water partition coefficient (Wildman–Crippen LogP) is 3.25. The summed E-state index contributed by atoms with van der Waals surface area (Å²) in [7, 11) is -1.34. The van der Waals surface area contributed by atoms with Gasteiger partial charge in [-0.3, -0.25) is 4.99 Å². The van der Waals surface area contributed by atoms with E-state index in [2.05, 4.69) is 33.4 Å². The highest BCUT2D eigenvalue weighted by Gasteiger charge is 2.22. The van der Waals surface area contributed by atoms with Crippen LogP contribution in [0.2, 0.25) is 0 Å². The van der Waals surface area contributed by atoms with E-state index in [0.717, 1.165) is 24.5 Å². The van der Waals surface area contributed by atoms with Crippen molar-refractivity contribution in [2.75, 3.05) is 30.8 Å². The first-order chi connectivity index (χ1) is 12.6. The summed E-state index contributed by atoms with van der Waals surface area (Å²) in [6, 6.07) is 17.6. The molecule has 0 fully saturated rings. The zero-order chi connectivity index (χ0) is 18.4. The number of halogens is 1. The summed E-state index contributed by atoms with van der Waals surface area (Å²) in [4.78, 5) is 6.51. The Labute approximate surface area is 178 Å². The summed E-state index contributed by atoms with van der Waals surface area (Å²) >= 11 is 0. The third-order valence-electron chi connectivity index (χ3n) is 4.50. The molecule has 1 heterocycles. The maximum atomic E-state index is 12.3. The van der Waals surface area contributed by atoms with Gasteiger partial charge in [0.1, 0.15) is 0 Å². The topological polar surface area (TPSA) is 61.8 Å². The number of sulfone groups is 1. The second-order valence-electron chi connectivity index (χ2n) is 6.44. The van der Waals surface area contributed by atoms with E-state index < -0.39 is 9.84 Å². The Kier molecular flexibility index (Phi) is 8.09. The summed E-state index contributed by atoms with van der Waals surface area (Å²) in [6.07, 6.45) is 1.56. The smallest absolute Gasteiger partial charge is 0.198 e. The van der Waals surface area contributed by atoms with Crippen LogP contribution in [0.15, 0.2) is 59.6 Å². The molecule has 1 aliphatic heterocycles. The number of nitrogens with zero attached hydrogens (tertiary/aromatic N) is 2. The Morgan fingerprint density at radius 1 is 1.11 bits per heavy atom. The fourth-order valence-corrected chi connectivity index (χ4v) is 4.67. The summed E-state index contributed by atoms with van der Waals surface area (Å²) in [6.45, 7) is 1.48. The van der Waals surface area contributed by atoms with Gasteiger partial charge in [0, 0.05) is 25.8 Å². The Morgan fingerprint density at radius 2 is 1.81 bits per heavy atom. The van der Waals surface area contributed by atoms with E-state index in [0.29, 0.717) is 13.0 Å². The number of guanidine groups is 1. The Morgan fingerprint density at radius 3 is 2.56 bits per heavy atom. The number of fused-ring (bicyclic) bond motifs is 1. The lowest BCUT2D eigenvalue weighted by molar-refractivity contribution is 0.592. The van der Waals surface area contributed by atoms with E-state index in [9.17, 15) is 8.42 Å². The Bertz CT molecular complexity index is 870. The van der Waals surface area contributed by atoms with E-state index in [1.165, 1.54) is 11.3 Å². The maximum Gasteiger partial charge on any atom is 0.198 e. The molecular weight excluding hydrogens is 473 g/mol. The highest BCUT2D eigenvalue weighted by Crippen LogP contribution is 2.27. The molecule has 27 heavy (non-hydrogen) atoms. The number of anilines is 1. The average molecular weight is 499 g/mol. The molecule has 0 spiro atoms. The van der Waals surface area contributed by atoms with Crippen molar-refractivity contribution in [2.24, 2.45) is 4.99 Å². The van der Waals surface area contributed by atoms with Crippen LogP contribution in [0, 0.1) is 0 Å². The monoisotopic (exact) mass is 499 g/mol. The molecule has 7 heteroatoms. The number of nitrogens with one attached hydrogen (secondary N) is 1. The van der Waals surface area contributed by atoms with Gasteiger partial charge in [0.2, 0.25) is 0 Å². The Hall–Kier alpha value is -1.61. The summed E-state index contributed by atoms with van der Waals surface area (Å²) in [5, 5.41) is 3.30. The van der Waals surface area contributed by atoms with Crippen molar-refractivity contribution in [1.82, 2.24) is 5.32 Å². The van der Waals surface area contributed by atoms with Gasteiger partial charge in [-0.15, -0.1) is 24.0 Å². The lowest BCUT2D eigenvalue weighted by atomic mass is 10.2. The van der Waals surface area contributed by atoms with Gasteiger partial charge in [-0.05, 0) is 30.0 Å². The second-order valence-corrected chi connectivity index (χ2v) is 8.62. The third-order valence-corrected chi connectivity index (χ3v) is 6.18. The Balaban J connectivity index is 0.00000261. The van der Waals surface area contributed by atoms with Gasteiger partial charge in [-0.25, -0.2) is 8.42 Å². The van der Waals surface area contributed by atoms with Gasteiger partial charge < -0.3 is 10.2 Å². The fraction of sp³-hybridized carbons (Fsp3) is 0.350. The molecule has 0 saturated carbocycles. The van der Waals surface area contributed by atoms with Gasteiger partial charge in [-0.2, -0.15) is 0 Å². The first-order valence-electron chi connectivity index (χ1n) is 8.89. The zero-order valence-corrected chi connectivity index (χ0v) is 18.6. The maximum absolute atomic E-state index is 12.3. The highest BCUT2D eigenvalue weighted by molar-refractivity contribution is 14.0. The van der Waals surface area contributed by atoms with Crippen molar-refractivity contribution in [3.05, 3.63) is 65.7 Å². The minimum absolute atomic E-state index is 0. The molecule has 2 aromatic rings. The van der Waals surface area contributed by atoms with Crippen molar-refractivity contribution in [1.29, 1.82) is 0 Å². The third kappa shape index (κ3) is 5.93. The SMILES string of the molecule is CN=C(NCCCS(=O)(=O)Cc1ccccc1)N1CCc2ccccc21.I. The van der Waals surface area contributed by atoms with Crippen LogP contribution in [-0.4, -0.2) is 40.3 Å². The van der Waals surface area contributed by atoms with Crippen LogP contribution in [0.3, 0.4) is 0 Å². The molecule has 0 atom stereocenters. The molecule has 146 valence electrons. The number of para-hydroxylation sites is 1. The standard InChI is InChI=1S/C20H25N3O2S.HI/c1-21-20(23-14-12-18-10-5-6-11-19(18)23)22-13-7-15-26(24,25)16-17-8-3-2-4-9-17;/h2-6,8-11H,7,12-16H2,1H3,(H,21,22);1H. The molecular formula is C20H26IN3O2S. The molecule has 0 unspecified atom stereocenters. The summed E-state index contributed by atoms with van der Waals surface area (Å²) in [5.74, 6) is 1.07. The number of hydrogen-bond donors (Lipinski definition) is 1. The van der Waals surface area contributed by atoms with Gasteiger partial charge in [0.15, 0.2) is 15.8 Å². The van der Waals surface area contributed by atoms with Gasteiger partial charge in [0.25, 0.3) is 0 Å². The minimum Gasteiger partial charge on any atom is -0.356 e. The largest absolute Gasteiger partial charge is 0.356 e. The quantitative estimate of drug-likeness (QED) is 0.287. The van der Waals surface area contributed by atoms with E-state index >= 15 is 0 Å². The molecule has 0 aliphatic carbocycles. The second kappa shape index (κ2) is 10.1. The normalized spacial score (nSPS) is 13.8. The van der Waals surface area contributed by atoms with Crippen LogP contribution in [-0.2, 0) is 22.0 Å². The molecule has 0 saturated heterocycles. The number of hydrogen-bond acceptors (Lipinski definition) is 3. The molecule has 1 aliphatic rings. The number of aliphatic imine (C=N–C) groups is 1. The fourth-order valence-electron chi connectivity index (χ4n) is 3.25. The number of benzene rings is 2. The molecule has 3 rings (SSSR count). The van der Waals surface area contributed by atoms with Crippen LogP contribution in [0.25, 0.3) is 0 Å². The van der Waals surface area contributed by atoms with Gasteiger partial charge in [-0.1, -0.05) is 48.5 Å². The van der Waals surface area contributed by atoms with Crippen LogP contribution >= 0.6 is 24.0 Å². The van der Waals surface area contributed by atoms with Crippen LogP contribution in [0.1, 0.15) is 17.5 Å². The zero-order valence-electron chi connectivity index (χ0n) is 15.5. The van der Waals surface area contributed by atoms with Gasteiger partial charge in [0.05, 0.1) is 11.5 Å². The van der Waals surface area contributed by atoms with Crippen LogP contribution in [0.4, 0.5) is 5.69 Å².